The van der Waals surface area contributed by atoms with Crippen LogP contribution in [0.4, 0.5) is 0 Å². The number of rotatable bonds is 5. The molecule has 3 nitrogen and oxygen atoms in total. The Morgan fingerprint density at radius 1 is 1.33 bits per heavy atom. The van der Waals surface area contributed by atoms with Crippen molar-refractivity contribution in [2.45, 2.75) is 13.5 Å². The van der Waals surface area contributed by atoms with Crippen LogP contribution in [0.5, 0.6) is 5.75 Å². The molecule has 0 unspecified atom stereocenters. The number of pyridine rings is 1. The van der Waals surface area contributed by atoms with Crippen molar-refractivity contribution in [2.75, 3.05) is 12.2 Å². The summed E-state index contributed by atoms with van der Waals surface area (Å²) in [5.41, 5.74) is 1.82. The normalized spacial score (nSPS) is 10.0. The van der Waals surface area contributed by atoms with Crippen LogP contribution in [0, 0.1) is 9.64 Å². The molecule has 2 rings (SSSR count). The van der Waals surface area contributed by atoms with Gasteiger partial charge in [-0.05, 0) is 28.9 Å². The van der Waals surface area contributed by atoms with Crippen molar-refractivity contribution in [2.24, 2.45) is 0 Å². The Balaban J connectivity index is 0.00000220. The van der Waals surface area contributed by atoms with Gasteiger partial charge in [0.05, 0.1) is 0 Å². The van der Waals surface area contributed by atoms with Crippen LogP contribution in [0.25, 0.3) is 11.3 Å². The van der Waals surface area contributed by atoms with Gasteiger partial charge in [-0.1, -0.05) is 11.3 Å². The quantitative estimate of drug-likeness (QED) is 0.366. The van der Waals surface area contributed by atoms with Crippen LogP contribution in [0.1, 0.15) is 6.92 Å². The minimum atomic E-state index is 0. The number of hydrogen-bond acceptors (Lipinski definition) is 3. The minimum absolute atomic E-state index is 0. The van der Waals surface area contributed by atoms with Gasteiger partial charge in [0, 0.05) is 39.3 Å². The molecule has 1 aromatic heterocycles. The molecule has 0 aliphatic carbocycles. The van der Waals surface area contributed by atoms with Crippen LogP contribution in [-0.4, -0.2) is 16.8 Å². The summed E-state index contributed by atoms with van der Waals surface area (Å²) in [5.74, 6) is 1.47. The second-order valence-corrected chi connectivity index (χ2v) is 6.09. The van der Waals surface area contributed by atoms with E-state index in [0.29, 0.717) is 16.1 Å². The molecule has 0 fully saturated rings. The second kappa shape index (κ2) is 9.33. The van der Waals surface area contributed by atoms with E-state index in [4.69, 9.17) is 4.74 Å². The number of thioether (sulfide) groups is 1. The average molecular weight is 489 g/mol. The Morgan fingerprint density at radius 3 is 2.57 bits per heavy atom. The molecule has 1 heterocycles. The molecule has 1 radical (unpaired) electrons. The maximum absolute atomic E-state index is 12.1. The first kappa shape index (κ1) is 19.2. The van der Waals surface area contributed by atoms with Gasteiger partial charge in [-0.2, -0.15) is 12.1 Å². The van der Waals surface area contributed by atoms with Crippen molar-refractivity contribution < 1.29 is 37.4 Å². The smallest absolute Gasteiger partial charge is 0.207 e. The number of aromatic nitrogens is 1. The second-order valence-electron chi connectivity index (χ2n) is 4.11. The first-order chi connectivity index (χ1) is 9.67. The number of nitrogens with zero attached hydrogens (tertiary/aromatic N) is 1. The SMILES string of the molecule is CCn1c(-c2ccc(OCSC)cc2)[c-]cc(I)c1=O.[Y]. The summed E-state index contributed by atoms with van der Waals surface area (Å²) in [5, 5.41) is 0. The zero-order valence-electron chi connectivity index (χ0n) is 11.9. The van der Waals surface area contributed by atoms with E-state index in [2.05, 4.69) is 6.07 Å². The molecule has 0 atom stereocenters. The Labute approximate surface area is 167 Å². The van der Waals surface area contributed by atoms with E-state index < -0.39 is 0 Å². The van der Waals surface area contributed by atoms with Crippen molar-refractivity contribution in [1.29, 1.82) is 0 Å². The Morgan fingerprint density at radius 2 is 2.00 bits per heavy atom. The third-order valence-electron chi connectivity index (χ3n) is 2.84. The van der Waals surface area contributed by atoms with Gasteiger partial charge in [0.1, 0.15) is 11.7 Å². The van der Waals surface area contributed by atoms with Crippen LogP contribution in [0.3, 0.4) is 0 Å². The van der Waals surface area contributed by atoms with E-state index in [-0.39, 0.29) is 38.3 Å². The molecule has 2 aromatic rings. The van der Waals surface area contributed by atoms with Crippen LogP contribution >= 0.6 is 34.4 Å². The first-order valence-corrected chi connectivity index (χ1v) is 8.67. The summed E-state index contributed by atoms with van der Waals surface area (Å²) in [6.45, 7) is 2.59. The van der Waals surface area contributed by atoms with Crippen LogP contribution in [0.15, 0.2) is 35.1 Å². The molecule has 6 heteroatoms. The zero-order valence-corrected chi connectivity index (χ0v) is 17.7. The van der Waals surface area contributed by atoms with E-state index in [1.807, 2.05) is 60.0 Å². The number of benzene rings is 1. The minimum Gasteiger partial charge on any atom is -0.483 e. The fourth-order valence-corrected chi connectivity index (χ4v) is 2.58. The molecule has 0 aliphatic heterocycles. The predicted molar refractivity (Wildman–Crippen MR) is 92.4 cm³/mol. The molecule has 109 valence electrons. The third-order valence-corrected chi connectivity index (χ3v) is 3.97. The van der Waals surface area contributed by atoms with Gasteiger partial charge < -0.3 is 9.30 Å². The fourth-order valence-electron chi connectivity index (χ4n) is 1.88. The molecule has 21 heavy (non-hydrogen) atoms. The summed E-state index contributed by atoms with van der Waals surface area (Å²) in [4.78, 5) is 12.1. The van der Waals surface area contributed by atoms with Crippen LogP contribution in [-0.2, 0) is 39.3 Å². The summed E-state index contributed by atoms with van der Waals surface area (Å²) < 4.78 is 7.95. The Hall–Kier alpha value is 0.154. The topological polar surface area (TPSA) is 31.2 Å². The molecule has 0 spiro atoms. The molecule has 0 aliphatic rings. The molecule has 1 aromatic carbocycles. The van der Waals surface area contributed by atoms with Crippen molar-refractivity contribution in [3.8, 4) is 17.0 Å². The summed E-state index contributed by atoms with van der Waals surface area (Å²) in [6.07, 6.45) is 1.99. The number of ether oxygens (including phenoxy) is 1. The van der Waals surface area contributed by atoms with Gasteiger partial charge in [-0.25, -0.2) is 0 Å². The molecule has 0 saturated carbocycles. The molecule has 0 bridgehead atoms. The Bertz CT molecular complexity index is 643. The number of hydrogen-bond donors (Lipinski definition) is 0. The van der Waals surface area contributed by atoms with E-state index in [1.165, 1.54) is 0 Å². The molecule has 0 saturated heterocycles. The fraction of sp³-hybridized carbons (Fsp3) is 0.267. The van der Waals surface area contributed by atoms with Gasteiger partial charge >= 0.3 is 0 Å². The van der Waals surface area contributed by atoms with Gasteiger partial charge in [-0.15, -0.1) is 46.5 Å². The van der Waals surface area contributed by atoms with Gasteiger partial charge in [0.2, 0.25) is 5.56 Å². The number of halogens is 1. The molecule has 0 amide bonds. The monoisotopic (exact) mass is 489 g/mol. The van der Waals surface area contributed by atoms with Crippen molar-refractivity contribution >= 4 is 34.4 Å². The zero-order chi connectivity index (χ0) is 14.5. The van der Waals surface area contributed by atoms with Crippen molar-refractivity contribution in [1.82, 2.24) is 4.57 Å². The van der Waals surface area contributed by atoms with E-state index in [9.17, 15) is 4.79 Å². The van der Waals surface area contributed by atoms with Gasteiger partial charge in [0.25, 0.3) is 0 Å². The van der Waals surface area contributed by atoms with Gasteiger partial charge in [-0.3, -0.25) is 4.79 Å². The average Bonchev–Trinajstić information content (AvgIpc) is 2.48. The van der Waals surface area contributed by atoms with Crippen LogP contribution < -0.4 is 10.3 Å². The third kappa shape index (κ3) is 4.81. The largest absolute Gasteiger partial charge is 0.483 e. The van der Waals surface area contributed by atoms with Gasteiger partial charge in [0.15, 0.2) is 0 Å². The maximum Gasteiger partial charge on any atom is 0.207 e. The van der Waals surface area contributed by atoms with Crippen molar-refractivity contribution in [3.05, 3.63) is 50.3 Å². The molecule has 0 N–H and O–H groups in total. The summed E-state index contributed by atoms with van der Waals surface area (Å²) in [6, 6.07) is 12.7. The van der Waals surface area contributed by atoms with E-state index >= 15 is 0 Å². The first-order valence-electron chi connectivity index (χ1n) is 6.20. The van der Waals surface area contributed by atoms with E-state index in [0.717, 1.165) is 17.0 Å². The van der Waals surface area contributed by atoms with E-state index in [1.54, 1.807) is 22.4 Å². The maximum atomic E-state index is 12.1. The predicted octanol–water partition coefficient (Wildman–Crippen LogP) is 3.64. The van der Waals surface area contributed by atoms with Crippen molar-refractivity contribution in [3.63, 3.8) is 0 Å². The molecular formula is C15H15INO2SY-. The Kier molecular flexibility index (Phi) is 8.53. The van der Waals surface area contributed by atoms with Crippen LogP contribution in [0.2, 0.25) is 0 Å². The summed E-state index contributed by atoms with van der Waals surface area (Å²) in [7, 11) is 0. The molecular weight excluding hydrogens is 474 g/mol. The summed E-state index contributed by atoms with van der Waals surface area (Å²) >= 11 is 3.67. The standard InChI is InChI=1S/C15H15INO2S.Y/c1-3-17-14(9-8-13(16)15(17)18)11-4-6-12(7-5-11)19-10-20-2;/h4-8H,3,10H2,1-2H3;/q-1;.